The quantitative estimate of drug-likeness (QED) is 0.878. The minimum absolute atomic E-state index is 0.00459. The Morgan fingerprint density at radius 2 is 2.06 bits per heavy atom. The Labute approximate surface area is 98.0 Å². The minimum atomic E-state index is -0.884. The number of hydrogen-bond donors (Lipinski definition) is 1. The fourth-order valence-corrected chi connectivity index (χ4v) is 1.69. The van der Waals surface area contributed by atoms with E-state index < -0.39 is 12.3 Å². The summed E-state index contributed by atoms with van der Waals surface area (Å²) in [4.78, 5) is 10.4. The number of aliphatic carboxylic acids is 1. The number of halogens is 1. The average molecular weight is 240 g/mol. The van der Waals surface area contributed by atoms with E-state index in [-0.39, 0.29) is 18.8 Å². The standard InChI is InChI=1S/C12H13FO4/c13-10-2-1-8-6-16-12(4-3-11(14)15)17-7-9(8)5-10/h1-2,5,12H,3-4,6-7H2,(H,14,15). The lowest BCUT2D eigenvalue weighted by Gasteiger charge is -2.13. The van der Waals surface area contributed by atoms with Crippen LogP contribution in [0.5, 0.6) is 0 Å². The van der Waals surface area contributed by atoms with Gasteiger partial charge in [0.25, 0.3) is 0 Å². The number of benzene rings is 1. The van der Waals surface area contributed by atoms with Gasteiger partial charge in [0, 0.05) is 6.42 Å². The van der Waals surface area contributed by atoms with E-state index in [9.17, 15) is 9.18 Å². The topological polar surface area (TPSA) is 55.8 Å². The highest BCUT2D eigenvalue weighted by molar-refractivity contribution is 5.66. The summed E-state index contributed by atoms with van der Waals surface area (Å²) in [5, 5.41) is 8.56. The van der Waals surface area contributed by atoms with Crippen LogP contribution in [0.2, 0.25) is 0 Å². The highest BCUT2D eigenvalue weighted by Crippen LogP contribution is 2.21. The molecule has 1 atom stereocenters. The van der Waals surface area contributed by atoms with Crippen molar-refractivity contribution >= 4 is 5.97 Å². The van der Waals surface area contributed by atoms with Crippen LogP contribution in [-0.2, 0) is 27.5 Å². The predicted octanol–water partition coefficient (Wildman–Crippen LogP) is 2.06. The smallest absolute Gasteiger partial charge is 0.303 e. The summed E-state index contributed by atoms with van der Waals surface area (Å²) in [5.74, 6) is -1.19. The molecule has 0 aliphatic carbocycles. The molecule has 92 valence electrons. The molecule has 1 heterocycles. The van der Waals surface area contributed by atoms with Gasteiger partial charge in [-0.3, -0.25) is 4.79 Å². The molecule has 1 unspecified atom stereocenters. The van der Waals surface area contributed by atoms with Crippen LogP contribution in [-0.4, -0.2) is 17.4 Å². The lowest BCUT2D eigenvalue weighted by molar-refractivity contribution is -0.159. The van der Waals surface area contributed by atoms with E-state index in [0.29, 0.717) is 13.0 Å². The van der Waals surface area contributed by atoms with Crippen LogP contribution in [0.25, 0.3) is 0 Å². The molecule has 4 nitrogen and oxygen atoms in total. The second kappa shape index (κ2) is 5.25. The summed E-state index contributed by atoms with van der Waals surface area (Å²) in [7, 11) is 0. The Balaban J connectivity index is 1.99. The second-order valence-electron chi connectivity index (χ2n) is 3.90. The molecular weight excluding hydrogens is 227 g/mol. The van der Waals surface area contributed by atoms with Crippen molar-refractivity contribution < 1.29 is 23.8 Å². The molecule has 0 saturated carbocycles. The Bertz CT molecular complexity index is 419. The lowest BCUT2D eigenvalue weighted by atomic mass is 10.1. The van der Waals surface area contributed by atoms with Crippen molar-refractivity contribution in [3.63, 3.8) is 0 Å². The lowest BCUT2D eigenvalue weighted by Crippen LogP contribution is -2.16. The largest absolute Gasteiger partial charge is 0.481 e. The van der Waals surface area contributed by atoms with Crippen molar-refractivity contribution in [1.82, 2.24) is 0 Å². The van der Waals surface area contributed by atoms with Crippen LogP contribution in [0.3, 0.4) is 0 Å². The zero-order chi connectivity index (χ0) is 12.3. The zero-order valence-corrected chi connectivity index (χ0v) is 9.19. The summed E-state index contributed by atoms with van der Waals surface area (Å²) in [6.07, 6.45) is -0.247. The molecule has 1 N–H and O–H groups in total. The highest BCUT2D eigenvalue weighted by atomic mass is 19.1. The number of rotatable bonds is 3. The maximum absolute atomic E-state index is 13.0. The van der Waals surface area contributed by atoms with E-state index in [4.69, 9.17) is 14.6 Å². The van der Waals surface area contributed by atoms with Crippen LogP contribution in [0.4, 0.5) is 4.39 Å². The van der Waals surface area contributed by atoms with Crippen molar-refractivity contribution in [3.8, 4) is 0 Å². The number of ether oxygens (including phenoxy) is 2. The fraction of sp³-hybridized carbons (Fsp3) is 0.417. The van der Waals surface area contributed by atoms with E-state index in [0.717, 1.165) is 11.1 Å². The molecule has 5 heteroatoms. The Morgan fingerprint density at radius 3 is 2.76 bits per heavy atom. The minimum Gasteiger partial charge on any atom is -0.481 e. The van der Waals surface area contributed by atoms with Gasteiger partial charge in [-0.1, -0.05) is 6.07 Å². The predicted molar refractivity (Wildman–Crippen MR) is 56.6 cm³/mol. The van der Waals surface area contributed by atoms with Gasteiger partial charge in [-0.15, -0.1) is 0 Å². The molecule has 0 bridgehead atoms. The molecule has 0 saturated heterocycles. The number of fused-ring (bicyclic) bond motifs is 1. The molecule has 0 aromatic heterocycles. The number of carboxylic acids is 1. The van der Waals surface area contributed by atoms with Gasteiger partial charge in [0.15, 0.2) is 6.29 Å². The first-order chi connectivity index (χ1) is 8.15. The van der Waals surface area contributed by atoms with Gasteiger partial charge in [0.2, 0.25) is 0 Å². The Kier molecular flexibility index (Phi) is 3.71. The molecule has 1 aromatic rings. The molecule has 0 amide bonds. The highest BCUT2D eigenvalue weighted by Gasteiger charge is 2.18. The second-order valence-corrected chi connectivity index (χ2v) is 3.90. The maximum atomic E-state index is 13.0. The molecule has 1 aliphatic rings. The van der Waals surface area contributed by atoms with Gasteiger partial charge in [-0.05, 0) is 23.3 Å². The van der Waals surface area contributed by atoms with E-state index in [1.54, 1.807) is 6.07 Å². The molecule has 0 radical (unpaired) electrons. The van der Waals surface area contributed by atoms with E-state index in [2.05, 4.69) is 0 Å². The summed E-state index contributed by atoms with van der Waals surface area (Å²) in [6.45, 7) is 0.567. The third-order valence-electron chi connectivity index (χ3n) is 2.61. The fourth-order valence-electron chi connectivity index (χ4n) is 1.69. The van der Waals surface area contributed by atoms with Gasteiger partial charge in [0.05, 0.1) is 19.6 Å². The Hall–Kier alpha value is -1.46. The summed E-state index contributed by atoms with van der Waals surface area (Å²) >= 11 is 0. The summed E-state index contributed by atoms with van der Waals surface area (Å²) in [5.41, 5.74) is 1.63. The molecule has 1 aromatic carbocycles. The zero-order valence-electron chi connectivity index (χ0n) is 9.19. The Morgan fingerprint density at radius 1 is 1.35 bits per heavy atom. The van der Waals surface area contributed by atoms with Crippen LogP contribution in [0.1, 0.15) is 24.0 Å². The monoisotopic (exact) mass is 240 g/mol. The first-order valence-electron chi connectivity index (χ1n) is 5.37. The first kappa shape index (κ1) is 12.0. The first-order valence-corrected chi connectivity index (χ1v) is 5.37. The third-order valence-corrected chi connectivity index (χ3v) is 2.61. The molecule has 0 fully saturated rings. The van der Waals surface area contributed by atoms with E-state index in [1.165, 1.54) is 12.1 Å². The van der Waals surface area contributed by atoms with Crippen molar-refractivity contribution in [1.29, 1.82) is 0 Å². The van der Waals surface area contributed by atoms with Crippen molar-refractivity contribution in [2.45, 2.75) is 32.3 Å². The van der Waals surface area contributed by atoms with Crippen LogP contribution >= 0.6 is 0 Å². The van der Waals surface area contributed by atoms with Gasteiger partial charge < -0.3 is 14.6 Å². The normalized spacial score (nSPS) is 19.5. The third kappa shape index (κ3) is 3.25. The molecule has 1 aliphatic heterocycles. The van der Waals surface area contributed by atoms with Crippen LogP contribution < -0.4 is 0 Å². The molecule has 2 rings (SSSR count). The SMILES string of the molecule is O=C(O)CCC1OCc2ccc(F)cc2CO1. The number of carbonyl (C=O) groups is 1. The van der Waals surface area contributed by atoms with Gasteiger partial charge >= 0.3 is 5.97 Å². The number of carboxylic acid groups (broad SMARTS) is 1. The number of hydrogen-bond acceptors (Lipinski definition) is 3. The van der Waals surface area contributed by atoms with Crippen molar-refractivity contribution in [2.24, 2.45) is 0 Å². The van der Waals surface area contributed by atoms with E-state index >= 15 is 0 Å². The summed E-state index contributed by atoms with van der Waals surface area (Å²) < 4.78 is 23.8. The summed E-state index contributed by atoms with van der Waals surface area (Å²) in [6, 6.07) is 4.45. The van der Waals surface area contributed by atoms with Crippen LogP contribution in [0.15, 0.2) is 18.2 Å². The average Bonchev–Trinajstić information content (AvgIpc) is 2.48. The van der Waals surface area contributed by atoms with Crippen molar-refractivity contribution in [3.05, 3.63) is 35.1 Å². The van der Waals surface area contributed by atoms with Crippen LogP contribution in [0, 0.1) is 5.82 Å². The molecule has 17 heavy (non-hydrogen) atoms. The molecule has 0 spiro atoms. The molecular formula is C12H13FO4. The van der Waals surface area contributed by atoms with Gasteiger partial charge in [-0.25, -0.2) is 4.39 Å². The maximum Gasteiger partial charge on any atom is 0.303 e. The van der Waals surface area contributed by atoms with Gasteiger partial charge in [0.1, 0.15) is 5.82 Å². The van der Waals surface area contributed by atoms with Crippen molar-refractivity contribution in [2.75, 3.05) is 0 Å². The van der Waals surface area contributed by atoms with E-state index in [1.807, 2.05) is 0 Å². The van der Waals surface area contributed by atoms with Gasteiger partial charge in [-0.2, -0.15) is 0 Å².